The highest BCUT2D eigenvalue weighted by molar-refractivity contribution is 5.94. The van der Waals surface area contributed by atoms with Crippen LogP contribution in [-0.4, -0.2) is 20.8 Å². The molecule has 0 fully saturated rings. The second-order valence-corrected chi connectivity index (χ2v) is 5.21. The molecule has 2 aromatic carbocycles. The molecule has 0 bridgehead atoms. The summed E-state index contributed by atoms with van der Waals surface area (Å²) in [5.41, 5.74) is 1.19. The van der Waals surface area contributed by atoms with Crippen molar-refractivity contribution in [1.29, 1.82) is 0 Å². The molecule has 24 heavy (non-hydrogen) atoms. The molecule has 0 unspecified atom stereocenters. The van der Waals surface area contributed by atoms with E-state index in [4.69, 9.17) is 0 Å². The Balaban J connectivity index is 2.03. The van der Waals surface area contributed by atoms with Gasteiger partial charge in [0.05, 0.1) is 23.1 Å². The highest BCUT2D eigenvalue weighted by Gasteiger charge is 2.30. The van der Waals surface area contributed by atoms with Gasteiger partial charge in [-0.15, -0.1) is 5.10 Å². The van der Waals surface area contributed by atoms with E-state index in [-0.39, 0.29) is 5.78 Å². The van der Waals surface area contributed by atoms with Crippen molar-refractivity contribution in [2.45, 2.75) is 13.1 Å². The zero-order valence-corrected chi connectivity index (χ0v) is 12.6. The Morgan fingerprint density at radius 1 is 1.08 bits per heavy atom. The number of aromatic nitrogens is 3. The number of carbonyl (C=O) groups is 1. The number of alkyl halides is 3. The lowest BCUT2D eigenvalue weighted by Gasteiger charge is -2.10. The summed E-state index contributed by atoms with van der Waals surface area (Å²) in [6.45, 7) is 1.46. The Bertz CT molecular complexity index is 883. The number of ketones is 1. The smallest absolute Gasteiger partial charge is 0.295 e. The van der Waals surface area contributed by atoms with Gasteiger partial charge in [-0.25, -0.2) is 4.68 Å². The molecule has 3 rings (SSSR count). The quantitative estimate of drug-likeness (QED) is 0.677. The van der Waals surface area contributed by atoms with Gasteiger partial charge in [0.1, 0.15) is 0 Å². The summed E-state index contributed by atoms with van der Waals surface area (Å²) < 4.78 is 40.1. The highest BCUT2D eigenvalue weighted by Crippen LogP contribution is 2.32. The van der Waals surface area contributed by atoms with Gasteiger partial charge < -0.3 is 0 Å². The summed E-state index contributed by atoms with van der Waals surface area (Å²) in [4.78, 5) is 11.3. The van der Waals surface area contributed by atoms with Crippen molar-refractivity contribution >= 4 is 5.78 Å². The molecule has 0 aliphatic heterocycles. The van der Waals surface area contributed by atoms with E-state index in [0.29, 0.717) is 22.5 Å². The normalized spacial score (nSPS) is 11.5. The first kappa shape index (κ1) is 15.9. The topological polar surface area (TPSA) is 47.8 Å². The Kier molecular flexibility index (Phi) is 3.92. The monoisotopic (exact) mass is 331 g/mol. The predicted octanol–water partition coefficient (Wildman–Crippen LogP) is 4.16. The average Bonchev–Trinajstić information content (AvgIpc) is 3.04. The Hall–Kier alpha value is -2.96. The maximum atomic E-state index is 12.9. The summed E-state index contributed by atoms with van der Waals surface area (Å²) in [6, 6.07) is 11.6. The van der Waals surface area contributed by atoms with Crippen molar-refractivity contribution in [2.24, 2.45) is 0 Å². The minimum Gasteiger partial charge on any atom is -0.295 e. The molecular formula is C17H12F3N3O. The van der Waals surface area contributed by atoms with Crippen LogP contribution in [-0.2, 0) is 6.18 Å². The van der Waals surface area contributed by atoms with Gasteiger partial charge in [0, 0.05) is 11.1 Å². The maximum Gasteiger partial charge on any atom is 0.416 e. The van der Waals surface area contributed by atoms with Crippen LogP contribution in [0.3, 0.4) is 0 Å². The molecular weight excluding hydrogens is 319 g/mol. The molecule has 0 spiro atoms. The number of nitrogens with zero attached hydrogens (tertiary/aromatic N) is 3. The first-order valence-corrected chi connectivity index (χ1v) is 7.06. The number of benzene rings is 2. The average molecular weight is 331 g/mol. The zero-order chi connectivity index (χ0) is 17.3. The second kappa shape index (κ2) is 5.92. The molecule has 0 aliphatic carbocycles. The number of rotatable bonds is 3. The van der Waals surface area contributed by atoms with E-state index in [1.54, 1.807) is 30.3 Å². The van der Waals surface area contributed by atoms with Gasteiger partial charge in [0.25, 0.3) is 0 Å². The third-order valence-corrected chi connectivity index (χ3v) is 3.55. The van der Waals surface area contributed by atoms with E-state index in [0.717, 1.165) is 12.1 Å². The molecule has 1 heterocycles. The van der Waals surface area contributed by atoms with Gasteiger partial charge in [-0.1, -0.05) is 17.3 Å². The summed E-state index contributed by atoms with van der Waals surface area (Å²) in [6.07, 6.45) is -3.02. The van der Waals surface area contributed by atoms with E-state index in [9.17, 15) is 18.0 Å². The molecule has 7 heteroatoms. The first-order valence-electron chi connectivity index (χ1n) is 7.06. The Morgan fingerprint density at radius 2 is 1.79 bits per heavy atom. The molecule has 3 aromatic rings. The molecule has 122 valence electrons. The van der Waals surface area contributed by atoms with Gasteiger partial charge in [-0.2, -0.15) is 13.2 Å². The fourth-order valence-corrected chi connectivity index (χ4v) is 2.31. The lowest BCUT2D eigenvalue weighted by atomic mass is 10.1. The largest absolute Gasteiger partial charge is 0.416 e. The van der Waals surface area contributed by atoms with Crippen molar-refractivity contribution in [3.63, 3.8) is 0 Å². The Morgan fingerprint density at radius 3 is 2.42 bits per heavy atom. The molecule has 0 aliphatic rings. The van der Waals surface area contributed by atoms with Crippen LogP contribution in [0.4, 0.5) is 13.2 Å². The fraction of sp³-hybridized carbons (Fsp3) is 0.118. The molecule has 0 radical (unpaired) electrons. The van der Waals surface area contributed by atoms with E-state index < -0.39 is 11.7 Å². The van der Waals surface area contributed by atoms with Crippen LogP contribution in [0.1, 0.15) is 22.8 Å². The van der Waals surface area contributed by atoms with Crippen molar-refractivity contribution < 1.29 is 18.0 Å². The summed E-state index contributed by atoms with van der Waals surface area (Å²) in [5.74, 6) is -0.0711. The number of carbonyl (C=O) groups excluding carboxylic acids is 1. The van der Waals surface area contributed by atoms with Crippen LogP contribution in [0.15, 0.2) is 54.7 Å². The van der Waals surface area contributed by atoms with Crippen LogP contribution in [0.5, 0.6) is 0 Å². The molecule has 0 amide bonds. The summed E-state index contributed by atoms with van der Waals surface area (Å²) >= 11 is 0. The number of hydrogen-bond acceptors (Lipinski definition) is 3. The minimum atomic E-state index is -4.42. The summed E-state index contributed by atoms with van der Waals surface area (Å²) in [7, 11) is 0. The van der Waals surface area contributed by atoms with E-state index >= 15 is 0 Å². The van der Waals surface area contributed by atoms with Crippen molar-refractivity contribution in [3.8, 4) is 16.9 Å². The van der Waals surface area contributed by atoms with E-state index in [2.05, 4.69) is 10.3 Å². The number of Topliss-reactive ketones (excluding diaryl/α,β-unsaturated/α-hetero) is 1. The third-order valence-electron chi connectivity index (χ3n) is 3.55. The SMILES string of the molecule is CC(=O)c1ccc(-n2nncc2-c2cccc(C(F)(F)F)c2)cc1. The fourth-order valence-electron chi connectivity index (χ4n) is 2.31. The molecule has 0 saturated carbocycles. The Labute approximate surface area is 135 Å². The standard InChI is InChI=1S/C17H12F3N3O/c1-11(24)12-5-7-15(8-6-12)23-16(10-21-22-23)13-3-2-4-14(9-13)17(18,19)20/h2-10H,1H3. The van der Waals surface area contributed by atoms with Crippen LogP contribution < -0.4 is 0 Å². The second-order valence-electron chi connectivity index (χ2n) is 5.21. The van der Waals surface area contributed by atoms with Crippen molar-refractivity contribution in [2.75, 3.05) is 0 Å². The van der Waals surface area contributed by atoms with Gasteiger partial charge in [-0.3, -0.25) is 4.79 Å². The van der Waals surface area contributed by atoms with E-state index in [1.807, 2.05) is 0 Å². The molecule has 1 aromatic heterocycles. The van der Waals surface area contributed by atoms with E-state index in [1.165, 1.54) is 23.9 Å². The molecule has 0 saturated heterocycles. The minimum absolute atomic E-state index is 0.0711. The third kappa shape index (κ3) is 3.05. The van der Waals surface area contributed by atoms with Crippen molar-refractivity contribution in [1.82, 2.24) is 15.0 Å². The van der Waals surface area contributed by atoms with Gasteiger partial charge in [-0.05, 0) is 43.3 Å². The van der Waals surface area contributed by atoms with Crippen LogP contribution >= 0.6 is 0 Å². The zero-order valence-electron chi connectivity index (χ0n) is 12.6. The van der Waals surface area contributed by atoms with Gasteiger partial charge in [0.2, 0.25) is 0 Å². The lowest BCUT2D eigenvalue weighted by molar-refractivity contribution is -0.137. The maximum absolute atomic E-state index is 12.9. The number of hydrogen-bond donors (Lipinski definition) is 0. The first-order chi connectivity index (χ1) is 11.4. The van der Waals surface area contributed by atoms with Gasteiger partial charge >= 0.3 is 6.18 Å². The summed E-state index contributed by atoms with van der Waals surface area (Å²) in [5, 5.41) is 7.72. The van der Waals surface area contributed by atoms with Crippen LogP contribution in [0.25, 0.3) is 16.9 Å². The number of halogens is 3. The molecule has 0 N–H and O–H groups in total. The predicted molar refractivity (Wildman–Crippen MR) is 81.8 cm³/mol. The van der Waals surface area contributed by atoms with Crippen LogP contribution in [0, 0.1) is 0 Å². The molecule has 0 atom stereocenters. The van der Waals surface area contributed by atoms with Gasteiger partial charge in [0.15, 0.2) is 5.78 Å². The van der Waals surface area contributed by atoms with Crippen LogP contribution in [0.2, 0.25) is 0 Å². The highest BCUT2D eigenvalue weighted by atomic mass is 19.4. The molecule has 4 nitrogen and oxygen atoms in total. The lowest BCUT2D eigenvalue weighted by Crippen LogP contribution is -2.05. The van der Waals surface area contributed by atoms with Crippen molar-refractivity contribution in [3.05, 3.63) is 65.9 Å².